The van der Waals surface area contributed by atoms with Crippen LogP contribution in [0.3, 0.4) is 0 Å². The number of nitrogens with two attached hydrogens (primary N) is 1. The molecule has 0 spiro atoms. The molecule has 0 heterocycles. The first-order valence-corrected chi connectivity index (χ1v) is 4.54. The number of nitrogens with one attached hydrogen (secondary N) is 1. The number of nitrogens with zero attached hydrogens (tertiary/aromatic N) is 1. The zero-order valence-electron chi connectivity index (χ0n) is 8.20. The second-order valence-electron chi connectivity index (χ2n) is 2.96. The van der Waals surface area contributed by atoms with Crippen LogP contribution in [-0.2, 0) is 0 Å². The Morgan fingerprint density at radius 3 is 2.46 bits per heavy atom. The first kappa shape index (κ1) is 12.2. The van der Waals surface area contributed by atoms with E-state index in [1.807, 2.05) is 13.8 Å². The first-order valence-electron chi connectivity index (χ1n) is 4.54. The molecule has 2 unspecified atom stereocenters. The number of rotatable bonds is 6. The van der Waals surface area contributed by atoms with Gasteiger partial charge >= 0.3 is 0 Å². The summed E-state index contributed by atoms with van der Waals surface area (Å²) in [6.45, 7) is 4.29. The zero-order chi connectivity index (χ0) is 10.3. The molecule has 5 nitrogen and oxygen atoms in total. The molecule has 0 fully saturated rings. The molecule has 0 radical (unpaired) electrons. The maximum absolute atomic E-state index is 9.25. The normalized spacial score (nSPS) is 17.0. The molecule has 0 amide bonds. The standard InChI is InChI=1S/C8H19N3O2/c1-3-6(12)5-10-7(4-2)8(9)11-13/h6-7,10,12-13H,3-5H2,1-2H3,(H2,9,11). The van der Waals surface area contributed by atoms with Crippen LogP contribution < -0.4 is 11.1 Å². The summed E-state index contributed by atoms with van der Waals surface area (Å²) in [5.74, 6) is 0.158. The highest BCUT2D eigenvalue weighted by atomic mass is 16.4. The molecule has 0 aromatic heterocycles. The minimum Gasteiger partial charge on any atom is -0.409 e. The Labute approximate surface area is 78.6 Å². The average molecular weight is 189 g/mol. The van der Waals surface area contributed by atoms with E-state index in [1.54, 1.807) is 0 Å². The molecule has 0 bridgehead atoms. The topological polar surface area (TPSA) is 90.9 Å². The smallest absolute Gasteiger partial charge is 0.156 e. The fourth-order valence-electron chi connectivity index (χ4n) is 0.950. The summed E-state index contributed by atoms with van der Waals surface area (Å²) in [5.41, 5.74) is 5.41. The van der Waals surface area contributed by atoms with Crippen molar-refractivity contribution in [2.75, 3.05) is 6.54 Å². The van der Waals surface area contributed by atoms with E-state index in [-0.39, 0.29) is 18.0 Å². The van der Waals surface area contributed by atoms with E-state index >= 15 is 0 Å². The number of hydrogen-bond donors (Lipinski definition) is 4. The Hall–Kier alpha value is -0.810. The van der Waals surface area contributed by atoms with E-state index in [0.29, 0.717) is 13.0 Å². The number of aliphatic hydroxyl groups excluding tert-OH is 1. The predicted octanol–water partition coefficient (Wildman–Crippen LogP) is -0.128. The van der Waals surface area contributed by atoms with Gasteiger partial charge in [0, 0.05) is 6.54 Å². The number of oxime groups is 1. The van der Waals surface area contributed by atoms with Crippen LogP contribution in [0, 0.1) is 0 Å². The highest BCUT2D eigenvalue weighted by Crippen LogP contribution is 1.93. The van der Waals surface area contributed by atoms with Gasteiger partial charge < -0.3 is 21.4 Å². The Balaban J connectivity index is 3.85. The highest BCUT2D eigenvalue weighted by molar-refractivity contribution is 5.85. The molecule has 0 aromatic carbocycles. The molecule has 0 saturated carbocycles. The first-order chi connectivity index (χ1) is 6.15. The van der Waals surface area contributed by atoms with Crippen molar-refractivity contribution in [3.8, 4) is 0 Å². The van der Waals surface area contributed by atoms with Crippen molar-refractivity contribution in [3.63, 3.8) is 0 Å². The number of aliphatic hydroxyl groups is 1. The average Bonchev–Trinajstić information content (AvgIpc) is 2.17. The van der Waals surface area contributed by atoms with Gasteiger partial charge in [-0.2, -0.15) is 0 Å². The van der Waals surface area contributed by atoms with E-state index < -0.39 is 0 Å². The van der Waals surface area contributed by atoms with Crippen LogP contribution in [0.1, 0.15) is 26.7 Å². The maximum atomic E-state index is 9.25. The maximum Gasteiger partial charge on any atom is 0.156 e. The van der Waals surface area contributed by atoms with Crippen molar-refractivity contribution >= 4 is 5.84 Å². The summed E-state index contributed by atoms with van der Waals surface area (Å²) in [4.78, 5) is 0. The van der Waals surface area contributed by atoms with Crippen LogP contribution in [0.25, 0.3) is 0 Å². The Morgan fingerprint density at radius 1 is 1.46 bits per heavy atom. The number of amidine groups is 1. The lowest BCUT2D eigenvalue weighted by Gasteiger charge is -2.17. The van der Waals surface area contributed by atoms with E-state index in [9.17, 15) is 5.11 Å². The second kappa shape index (κ2) is 6.68. The molecule has 5 N–H and O–H groups in total. The van der Waals surface area contributed by atoms with Crippen molar-refractivity contribution in [2.24, 2.45) is 10.9 Å². The molecule has 5 heteroatoms. The summed E-state index contributed by atoms with van der Waals surface area (Å²) in [6.07, 6.45) is 1.05. The molecular formula is C8H19N3O2. The summed E-state index contributed by atoms with van der Waals surface area (Å²) in [7, 11) is 0. The summed E-state index contributed by atoms with van der Waals surface area (Å²) >= 11 is 0. The van der Waals surface area contributed by atoms with Crippen molar-refractivity contribution < 1.29 is 10.3 Å². The summed E-state index contributed by atoms with van der Waals surface area (Å²) in [5, 5.41) is 23.6. The summed E-state index contributed by atoms with van der Waals surface area (Å²) < 4.78 is 0. The Kier molecular flexibility index (Phi) is 6.26. The molecule has 0 aliphatic rings. The lowest BCUT2D eigenvalue weighted by atomic mass is 10.2. The SMILES string of the molecule is CCC(O)CNC(CC)C(N)=NO. The summed E-state index contributed by atoms with van der Waals surface area (Å²) in [6, 6.07) is -0.161. The van der Waals surface area contributed by atoms with E-state index in [4.69, 9.17) is 10.9 Å². The van der Waals surface area contributed by atoms with Gasteiger partial charge in [-0.05, 0) is 12.8 Å². The monoisotopic (exact) mass is 189 g/mol. The van der Waals surface area contributed by atoms with Gasteiger partial charge in [0.1, 0.15) is 0 Å². The molecule has 13 heavy (non-hydrogen) atoms. The van der Waals surface area contributed by atoms with Crippen LogP contribution in [0.4, 0.5) is 0 Å². The third kappa shape index (κ3) is 4.69. The van der Waals surface area contributed by atoms with E-state index in [1.165, 1.54) is 0 Å². The van der Waals surface area contributed by atoms with Gasteiger partial charge in [-0.3, -0.25) is 0 Å². The van der Waals surface area contributed by atoms with Crippen LogP contribution in [0.5, 0.6) is 0 Å². The predicted molar refractivity (Wildman–Crippen MR) is 51.8 cm³/mol. The quantitative estimate of drug-likeness (QED) is 0.203. The van der Waals surface area contributed by atoms with Gasteiger partial charge in [0.2, 0.25) is 0 Å². The molecule has 0 aromatic rings. The second-order valence-corrected chi connectivity index (χ2v) is 2.96. The van der Waals surface area contributed by atoms with Crippen LogP contribution in [-0.4, -0.2) is 34.8 Å². The molecular weight excluding hydrogens is 170 g/mol. The van der Waals surface area contributed by atoms with Gasteiger partial charge in [-0.15, -0.1) is 0 Å². The van der Waals surface area contributed by atoms with Gasteiger partial charge in [-0.25, -0.2) is 0 Å². The molecule has 78 valence electrons. The fourth-order valence-corrected chi connectivity index (χ4v) is 0.950. The van der Waals surface area contributed by atoms with Crippen molar-refractivity contribution in [3.05, 3.63) is 0 Å². The lowest BCUT2D eigenvalue weighted by Crippen LogP contribution is -2.44. The molecule has 0 rings (SSSR count). The molecule has 2 atom stereocenters. The van der Waals surface area contributed by atoms with Gasteiger partial charge in [-0.1, -0.05) is 19.0 Å². The Morgan fingerprint density at radius 2 is 2.08 bits per heavy atom. The highest BCUT2D eigenvalue weighted by Gasteiger charge is 2.11. The van der Waals surface area contributed by atoms with Crippen molar-refractivity contribution in [1.82, 2.24) is 5.32 Å². The van der Waals surface area contributed by atoms with E-state index in [0.717, 1.165) is 6.42 Å². The largest absolute Gasteiger partial charge is 0.409 e. The van der Waals surface area contributed by atoms with Gasteiger partial charge in [0.25, 0.3) is 0 Å². The van der Waals surface area contributed by atoms with Crippen LogP contribution in [0.15, 0.2) is 5.16 Å². The molecule has 0 aliphatic carbocycles. The number of hydrogen-bond acceptors (Lipinski definition) is 4. The van der Waals surface area contributed by atoms with Gasteiger partial charge in [0.05, 0.1) is 12.1 Å². The Bertz CT molecular complexity index is 161. The zero-order valence-corrected chi connectivity index (χ0v) is 8.20. The lowest BCUT2D eigenvalue weighted by molar-refractivity contribution is 0.165. The van der Waals surface area contributed by atoms with Gasteiger partial charge in [0.15, 0.2) is 5.84 Å². The molecule has 0 saturated heterocycles. The fraction of sp³-hybridized carbons (Fsp3) is 0.875. The van der Waals surface area contributed by atoms with Crippen LogP contribution >= 0.6 is 0 Å². The van der Waals surface area contributed by atoms with Crippen LogP contribution in [0.2, 0.25) is 0 Å². The van der Waals surface area contributed by atoms with Crippen molar-refractivity contribution in [1.29, 1.82) is 0 Å². The third-order valence-corrected chi connectivity index (χ3v) is 1.95. The van der Waals surface area contributed by atoms with Crippen molar-refractivity contribution in [2.45, 2.75) is 38.8 Å². The minimum atomic E-state index is -0.374. The third-order valence-electron chi connectivity index (χ3n) is 1.95. The minimum absolute atomic E-state index is 0.158. The van der Waals surface area contributed by atoms with E-state index in [2.05, 4.69) is 10.5 Å². The molecule has 0 aliphatic heterocycles.